The summed E-state index contributed by atoms with van der Waals surface area (Å²) in [6.45, 7) is 18.3. The van der Waals surface area contributed by atoms with E-state index < -0.39 is 41.3 Å². The summed E-state index contributed by atoms with van der Waals surface area (Å²) in [7, 11) is 1.76. The zero-order valence-corrected chi connectivity index (χ0v) is 35.8. The van der Waals surface area contributed by atoms with Crippen LogP contribution in [0.2, 0.25) is 0 Å². The number of aliphatic hydroxyl groups is 2. The molecule has 0 amide bonds. The number of ether oxygens (including phenoxy) is 7. The third kappa shape index (κ3) is 7.85. The molecule has 6 rings (SSSR count). The Balaban J connectivity index is 0.00000523. The van der Waals surface area contributed by atoms with Gasteiger partial charge in [0.2, 0.25) is 0 Å². The van der Waals surface area contributed by atoms with Crippen molar-refractivity contribution in [2.45, 2.75) is 192 Å². The van der Waals surface area contributed by atoms with E-state index in [1.165, 1.54) is 0 Å². The average Bonchev–Trinajstić information content (AvgIpc) is 3.75. The van der Waals surface area contributed by atoms with Gasteiger partial charge in [0, 0.05) is 49.6 Å². The minimum absolute atomic E-state index is 0. The molecule has 0 aromatic heterocycles. The number of hydrogen-bond acceptors (Lipinski definition) is 11. The van der Waals surface area contributed by atoms with E-state index in [9.17, 15) is 20.1 Å². The third-order valence-electron chi connectivity index (χ3n) is 14.4. The van der Waals surface area contributed by atoms with E-state index in [0.29, 0.717) is 6.42 Å². The number of carboxylic acids is 1. The molecule has 2 N–H and O–H groups in total. The van der Waals surface area contributed by atoms with Crippen LogP contribution >= 0.6 is 0 Å². The quantitative estimate of drug-likeness (QED) is 0.331. The fourth-order valence-corrected chi connectivity index (χ4v) is 11.3. The molecule has 6 fully saturated rings. The van der Waals surface area contributed by atoms with Crippen LogP contribution < -0.4 is 34.7 Å². The number of rotatable bonds is 9. The molecule has 52 heavy (non-hydrogen) atoms. The molecule has 0 saturated carbocycles. The van der Waals surface area contributed by atoms with E-state index in [-0.39, 0.29) is 114 Å². The van der Waals surface area contributed by atoms with Crippen LogP contribution in [-0.2, 0) is 38.0 Å². The maximum absolute atomic E-state index is 11.7. The predicted molar refractivity (Wildman–Crippen MR) is 186 cm³/mol. The van der Waals surface area contributed by atoms with Gasteiger partial charge in [0.1, 0.15) is 0 Å². The smallest absolute Gasteiger partial charge is 0.550 e. The van der Waals surface area contributed by atoms with Gasteiger partial charge >= 0.3 is 29.6 Å². The molecule has 0 bridgehead atoms. The Morgan fingerprint density at radius 2 is 1.60 bits per heavy atom. The minimum Gasteiger partial charge on any atom is -0.550 e. The first-order valence-corrected chi connectivity index (χ1v) is 20.0. The van der Waals surface area contributed by atoms with Gasteiger partial charge in [0.25, 0.3) is 0 Å². The van der Waals surface area contributed by atoms with E-state index in [1.54, 1.807) is 14.0 Å². The van der Waals surface area contributed by atoms with E-state index in [2.05, 4.69) is 48.5 Å². The number of carbonyl (C=O) groups excluding carboxylic acids is 1. The van der Waals surface area contributed by atoms with Gasteiger partial charge in [0.05, 0.1) is 66.6 Å². The molecule has 0 radical (unpaired) electrons. The molecular formula is C40H67NaO11. The summed E-state index contributed by atoms with van der Waals surface area (Å²) in [4.78, 5) is 11.7. The van der Waals surface area contributed by atoms with Crippen molar-refractivity contribution in [1.82, 2.24) is 0 Å². The second-order valence-electron chi connectivity index (χ2n) is 18.4. The van der Waals surface area contributed by atoms with Gasteiger partial charge in [-0.25, -0.2) is 0 Å². The monoisotopic (exact) mass is 746 g/mol. The largest absolute Gasteiger partial charge is 1.00 e. The van der Waals surface area contributed by atoms with Gasteiger partial charge in [-0.15, -0.1) is 0 Å². The summed E-state index contributed by atoms with van der Waals surface area (Å²) in [6.07, 6.45) is 5.62. The van der Waals surface area contributed by atoms with E-state index in [4.69, 9.17) is 33.2 Å². The molecule has 0 aromatic rings. The van der Waals surface area contributed by atoms with E-state index >= 15 is 0 Å². The Hall–Kier alpha value is 0.110. The Morgan fingerprint density at radius 1 is 0.885 bits per heavy atom. The predicted octanol–water partition coefficient (Wildman–Crippen LogP) is 1.37. The average molecular weight is 747 g/mol. The maximum Gasteiger partial charge on any atom is 1.00 e. The summed E-state index contributed by atoms with van der Waals surface area (Å²) < 4.78 is 46.9. The molecule has 6 aliphatic heterocycles. The minimum atomic E-state index is -1.55. The van der Waals surface area contributed by atoms with Gasteiger partial charge in [-0.1, -0.05) is 48.5 Å². The molecule has 2 unspecified atom stereocenters. The van der Waals surface area contributed by atoms with Gasteiger partial charge in [-0.05, 0) is 76.5 Å². The number of carbonyl (C=O) groups is 1. The molecule has 11 nitrogen and oxygen atoms in total. The van der Waals surface area contributed by atoms with Crippen LogP contribution in [0, 0.1) is 41.4 Å². The van der Waals surface area contributed by atoms with Crippen molar-refractivity contribution >= 4 is 5.97 Å². The van der Waals surface area contributed by atoms with Crippen LogP contribution in [-0.4, -0.2) is 102 Å². The van der Waals surface area contributed by atoms with Crippen LogP contribution in [0.5, 0.6) is 0 Å². The third-order valence-corrected chi connectivity index (χ3v) is 14.4. The maximum atomic E-state index is 11.7. The summed E-state index contributed by atoms with van der Waals surface area (Å²) in [5, 5.41) is 32.7. The molecular weight excluding hydrogens is 679 g/mol. The number of methoxy groups -OCH3 is 1. The summed E-state index contributed by atoms with van der Waals surface area (Å²) in [5.41, 5.74) is -1.11. The normalized spacial score (nSPS) is 53.2. The second kappa shape index (κ2) is 16.2. The van der Waals surface area contributed by atoms with Gasteiger partial charge in [-0.3, -0.25) is 0 Å². The van der Waals surface area contributed by atoms with E-state index in [1.807, 2.05) is 6.92 Å². The van der Waals surface area contributed by atoms with Crippen molar-refractivity contribution in [3.8, 4) is 0 Å². The van der Waals surface area contributed by atoms with Crippen LogP contribution in [0.3, 0.4) is 0 Å². The van der Waals surface area contributed by atoms with Crippen molar-refractivity contribution < 1.29 is 82.8 Å². The number of aliphatic hydroxyl groups excluding tert-OH is 1. The van der Waals surface area contributed by atoms with Crippen LogP contribution in [0.1, 0.15) is 120 Å². The first-order chi connectivity index (χ1) is 23.9. The topological polar surface area (TPSA) is 145 Å². The van der Waals surface area contributed by atoms with Crippen molar-refractivity contribution in [2.24, 2.45) is 41.4 Å². The fourth-order valence-electron chi connectivity index (χ4n) is 11.3. The number of hydrogen-bond donors (Lipinski definition) is 2. The molecule has 19 atom stereocenters. The number of aliphatic carboxylic acids is 1. The SMILES string of the molecule is CO[C@@H]1C[C@H](C[C@@H]2CC[C@H](C)C([C@H](C)C(=O)[O-])O2)O[C@@]2(O[C@](C)([C@H]3CC[C@](C)([C@@H]4OC([C@H]5O[C@@](O)(CO)[C@@H](C)C[C@H]5C)C[C@H]4C)O3)C[C@H]2C)[C@@H]1C.[Na+]. The zero-order valence-electron chi connectivity index (χ0n) is 33.8. The molecule has 0 aliphatic carbocycles. The molecule has 6 saturated heterocycles. The van der Waals surface area contributed by atoms with Crippen molar-refractivity contribution in [3.05, 3.63) is 0 Å². The summed E-state index contributed by atoms with van der Waals surface area (Å²) in [5.74, 6) is -3.70. The summed E-state index contributed by atoms with van der Waals surface area (Å²) in [6, 6.07) is 0. The first-order valence-electron chi connectivity index (χ1n) is 20.0. The van der Waals surface area contributed by atoms with Gasteiger partial charge in [0.15, 0.2) is 11.6 Å². The molecule has 294 valence electrons. The molecule has 1 spiro atoms. The first kappa shape index (κ1) is 43.2. The van der Waals surface area contributed by atoms with Gasteiger partial charge in [-0.2, -0.15) is 0 Å². The molecule has 6 aliphatic rings. The van der Waals surface area contributed by atoms with Crippen molar-refractivity contribution in [2.75, 3.05) is 13.7 Å². The number of carboxylic acid groups (broad SMARTS) is 1. The van der Waals surface area contributed by atoms with Crippen molar-refractivity contribution in [3.63, 3.8) is 0 Å². The van der Waals surface area contributed by atoms with Crippen LogP contribution in [0.25, 0.3) is 0 Å². The molecule has 0 aromatic carbocycles. The van der Waals surface area contributed by atoms with Crippen molar-refractivity contribution in [1.29, 1.82) is 0 Å². The Kier molecular flexibility index (Phi) is 13.4. The van der Waals surface area contributed by atoms with Crippen LogP contribution in [0.15, 0.2) is 0 Å². The second-order valence-corrected chi connectivity index (χ2v) is 18.4. The fraction of sp³-hybridized carbons (Fsp3) is 0.975. The Labute approximate surface area is 334 Å². The standard InChI is InChI=1S/C40H68O11.Na/c1-21-11-12-28(46-33(21)26(6)36(42)43)17-29-18-30(45-10)27(7)40(48-29)25(5)19-38(9,51-40)32-13-14-37(8,49-32)35-23(3)16-31(47-35)34-22(2)15-24(4)39(44,20-41)50-34;/h21-35,41,44H,11-20H2,1-10H3,(H,42,43);/q;+1/p-1/t21-,22+,23+,24-,25+,26-,27+,28-,29-,30+,31?,32+,33?,34-,35+,37+,38-,39-,40-;/m0./s1. The molecule has 12 heteroatoms. The van der Waals surface area contributed by atoms with Gasteiger partial charge < -0.3 is 53.3 Å². The molecule has 6 heterocycles. The summed E-state index contributed by atoms with van der Waals surface area (Å²) >= 11 is 0. The Bertz CT molecular complexity index is 1240. The van der Waals surface area contributed by atoms with E-state index in [0.717, 1.165) is 51.4 Å². The van der Waals surface area contributed by atoms with Crippen LogP contribution in [0.4, 0.5) is 0 Å². The zero-order chi connectivity index (χ0) is 37.3. The Morgan fingerprint density at radius 3 is 2.25 bits per heavy atom.